The highest BCUT2D eigenvalue weighted by Gasteiger charge is 2.10. The number of aromatic nitrogens is 1. The number of fused-ring (bicyclic) bond motifs is 1. The topological polar surface area (TPSA) is 28.2 Å². The molecule has 0 amide bonds. The van der Waals surface area contributed by atoms with Crippen LogP contribution in [-0.4, -0.2) is 25.6 Å². The minimum Gasteiger partial charge on any atom is -0.385 e. The Morgan fingerprint density at radius 2 is 1.91 bits per heavy atom. The molecule has 1 aromatic heterocycles. The number of nitrogens with zero attached hydrogens (tertiary/aromatic N) is 2. The Bertz CT molecular complexity index is 843. The molecule has 1 N–H and O–H groups in total. The lowest BCUT2D eigenvalue weighted by molar-refractivity contribution is 0.628. The van der Waals surface area contributed by atoms with Crippen molar-refractivity contribution < 1.29 is 4.39 Å². The van der Waals surface area contributed by atoms with Gasteiger partial charge in [-0.05, 0) is 43.3 Å². The molecule has 1 heterocycles. The van der Waals surface area contributed by atoms with Crippen LogP contribution in [0.25, 0.3) is 22.2 Å². The zero-order chi connectivity index (χ0) is 16.4. The quantitative estimate of drug-likeness (QED) is 0.767. The molecule has 4 heteroatoms. The fourth-order valence-electron chi connectivity index (χ4n) is 2.69. The van der Waals surface area contributed by atoms with Crippen molar-refractivity contribution in [1.29, 1.82) is 0 Å². The van der Waals surface area contributed by atoms with Gasteiger partial charge in [-0.2, -0.15) is 0 Å². The summed E-state index contributed by atoms with van der Waals surface area (Å²) in [4.78, 5) is 6.77. The SMILES string of the molecule is CCNc1ccc2nc(-c3cccc(F)c3)cc(N(C)C)c2c1. The van der Waals surface area contributed by atoms with E-state index in [0.717, 1.165) is 40.1 Å². The van der Waals surface area contributed by atoms with Gasteiger partial charge in [0.15, 0.2) is 0 Å². The van der Waals surface area contributed by atoms with E-state index in [1.807, 2.05) is 38.4 Å². The highest BCUT2D eigenvalue weighted by molar-refractivity contribution is 5.96. The van der Waals surface area contributed by atoms with Crippen molar-refractivity contribution in [3.8, 4) is 11.3 Å². The second-order valence-corrected chi connectivity index (χ2v) is 5.69. The summed E-state index contributed by atoms with van der Waals surface area (Å²) in [6, 6.07) is 14.7. The molecule has 2 aromatic carbocycles. The zero-order valence-electron chi connectivity index (χ0n) is 13.6. The number of nitrogens with one attached hydrogen (secondary N) is 1. The first kappa shape index (κ1) is 15.3. The molecular formula is C19H20FN3. The van der Waals surface area contributed by atoms with Crippen LogP contribution in [0.3, 0.4) is 0 Å². The van der Waals surface area contributed by atoms with Gasteiger partial charge in [-0.1, -0.05) is 12.1 Å². The third-order valence-electron chi connectivity index (χ3n) is 3.77. The molecule has 0 aliphatic rings. The Hall–Kier alpha value is -2.62. The summed E-state index contributed by atoms with van der Waals surface area (Å²) in [7, 11) is 4.01. The van der Waals surface area contributed by atoms with E-state index in [2.05, 4.69) is 23.2 Å². The van der Waals surface area contributed by atoms with Crippen molar-refractivity contribution in [2.45, 2.75) is 6.92 Å². The molecule has 3 nitrogen and oxygen atoms in total. The summed E-state index contributed by atoms with van der Waals surface area (Å²) in [5.41, 5.74) is 4.59. The second kappa shape index (κ2) is 6.24. The zero-order valence-corrected chi connectivity index (χ0v) is 13.6. The van der Waals surface area contributed by atoms with Crippen molar-refractivity contribution >= 4 is 22.3 Å². The third kappa shape index (κ3) is 3.11. The minimum atomic E-state index is -0.252. The summed E-state index contributed by atoms with van der Waals surface area (Å²) in [5.74, 6) is -0.252. The van der Waals surface area contributed by atoms with Gasteiger partial charge >= 0.3 is 0 Å². The predicted molar refractivity (Wildman–Crippen MR) is 95.6 cm³/mol. The van der Waals surface area contributed by atoms with Crippen molar-refractivity contribution in [2.75, 3.05) is 30.9 Å². The Labute approximate surface area is 135 Å². The third-order valence-corrected chi connectivity index (χ3v) is 3.77. The lowest BCUT2D eigenvalue weighted by atomic mass is 10.1. The normalized spacial score (nSPS) is 10.8. The Morgan fingerprint density at radius 3 is 2.61 bits per heavy atom. The number of hydrogen-bond donors (Lipinski definition) is 1. The molecule has 0 atom stereocenters. The van der Waals surface area contributed by atoms with Crippen LogP contribution in [0.2, 0.25) is 0 Å². The largest absolute Gasteiger partial charge is 0.385 e. The van der Waals surface area contributed by atoms with Crippen LogP contribution in [0, 0.1) is 5.82 Å². The molecule has 0 fully saturated rings. The molecule has 0 aliphatic carbocycles. The number of pyridine rings is 1. The maximum Gasteiger partial charge on any atom is 0.123 e. The Balaban J connectivity index is 2.21. The van der Waals surface area contributed by atoms with Gasteiger partial charge in [0.05, 0.1) is 11.2 Å². The highest BCUT2D eigenvalue weighted by atomic mass is 19.1. The van der Waals surface area contributed by atoms with Gasteiger partial charge < -0.3 is 10.2 Å². The van der Waals surface area contributed by atoms with E-state index in [9.17, 15) is 4.39 Å². The van der Waals surface area contributed by atoms with Gasteiger partial charge in [0.1, 0.15) is 5.82 Å². The molecule has 3 aromatic rings. The standard InChI is InChI=1S/C19H20FN3/c1-4-21-15-8-9-17-16(11-15)19(23(2)3)12-18(22-17)13-6-5-7-14(20)10-13/h5-12,21H,4H2,1-3H3. The van der Waals surface area contributed by atoms with Crippen LogP contribution < -0.4 is 10.2 Å². The van der Waals surface area contributed by atoms with Crippen LogP contribution in [-0.2, 0) is 0 Å². The van der Waals surface area contributed by atoms with Gasteiger partial charge in [-0.15, -0.1) is 0 Å². The molecule has 0 saturated heterocycles. The van der Waals surface area contributed by atoms with Crippen molar-refractivity contribution in [3.05, 3.63) is 54.3 Å². The molecule has 0 spiro atoms. The van der Waals surface area contributed by atoms with E-state index in [4.69, 9.17) is 4.98 Å². The first-order valence-electron chi connectivity index (χ1n) is 7.70. The van der Waals surface area contributed by atoms with Crippen LogP contribution in [0.4, 0.5) is 15.8 Å². The van der Waals surface area contributed by atoms with Gasteiger partial charge in [0.2, 0.25) is 0 Å². The summed E-state index contributed by atoms with van der Waals surface area (Å²) in [6.07, 6.45) is 0. The van der Waals surface area contributed by atoms with E-state index in [1.54, 1.807) is 6.07 Å². The predicted octanol–water partition coefficient (Wildman–Crippen LogP) is 4.54. The summed E-state index contributed by atoms with van der Waals surface area (Å²) >= 11 is 0. The van der Waals surface area contributed by atoms with Crippen molar-refractivity contribution in [2.24, 2.45) is 0 Å². The van der Waals surface area contributed by atoms with Gasteiger partial charge in [0, 0.05) is 43.0 Å². The van der Waals surface area contributed by atoms with E-state index < -0.39 is 0 Å². The summed E-state index contributed by atoms with van der Waals surface area (Å²) < 4.78 is 13.5. The molecular weight excluding hydrogens is 289 g/mol. The van der Waals surface area contributed by atoms with E-state index >= 15 is 0 Å². The number of benzene rings is 2. The molecule has 0 unspecified atom stereocenters. The van der Waals surface area contributed by atoms with Gasteiger partial charge in [-0.3, -0.25) is 0 Å². The molecule has 3 rings (SSSR count). The fourth-order valence-corrected chi connectivity index (χ4v) is 2.69. The smallest absolute Gasteiger partial charge is 0.123 e. The van der Waals surface area contributed by atoms with Crippen LogP contribution >= 0.6 is 0 Å². The highest BCUT2D eigenvalue weighted by Crippen LogP contribution is 2.31. The maximum absolute atomic E-state index is 13.5. The lowest BCUT2D eigenvalue weighted by Gasteiger charge is -2.18. The lowest BCUT2D eigenvalue weighted by Crippen LogP contribution is -2.10. The van der Waals surface area contributed by atoms with Gasteiger partial charge in [-0.25, -0.2) is 9.37 Å². The average molecular weight is 309 g/mol. The number of anilines is 2. The molecule has 0 bridgehead atoms. The molecule has 118 valence electrons. The Morgan fingerprint density at radius 1 is 1.09 bits per heavy atom. The van der Waals surface area contributed by atoms with Crippen LogP contribution in [0.15, 0.2) is 48.5 Å². The van der Waals surface area contributed by atoms with Crippen molar-refractivity contribution in [1.82, 2.24) is 4.98 Å². The first-order chi connectivity index (χ1) is 11.1. The van der Waals surface area contributed by atoms with E-state index in [0.29, 0.717) is 0 Å². The molecule has 0 aliphatic heterocycles. The molecule has 23 heavy (non-hydrogen) atoms. The minimum absolute atomic E-state index is 0.252. The fraction of sp³-hybridized carbons (Fsp3) is 0.211. The van der Waals surface area contributed by atoms with Gasteiger partial charge in [0.25, 0.3) is 0 Å². The summed E-state index contributed by atoms with van der Waals surface area (Å²) in [5, 5.41) is 4.40. The monoisotopic (exact) mass is 309 g/mol. The van der Waals surface area contributed by atoms with E-state index in [-0.39, 0.29) is 5.82 Å². The van der Waals surface area contributed by atoms with Crippen LogP contribution in [0.5, 0.6) is 0 Å². The van der Waals surface area contributed by atoms with E-state index in [1.165, 1.54) is 12.1 Å². The Kier molecular flexibility index (Phi) is 4.15. The number of halogens is 1. The maximum atomic E-state index is 13.5. The number of rotatable bonds is 4. The van der Waals surface area contributed by atoms with Crippen LogP contribution in [0.1, 0.15) is 6.92 Å². The average Bonchev–Trinajstić information content (AvgIpc) is 2.54. The molecule has 0 saturated carbocycles. The number of hydrogen-bond acceptors (Lipinski definition) is 3. The van der Waals surface area contributed by atoms with Crippen molar-refractivity contribution in [3.63, 3.8) is 0 Å². The second-order valence-electron chi connectivity index (χ2n) is 5.69. The molecule has 0 radical (unpaired) electrons. The first-order valence-corrected chi connectivity index (χ1v) is 7.70. The summed E-state index contributed by atoms with van der Waals surface area (Å²) in [6.45, 7) is 2.94.